The van der Waals surface area contributed by atoms with E-state index in [0.29, 0.717) is 25.6 Å². The minimum absolute atomic E-state index is 0.0396. The summed E-state index contributed by atoms with van der Waals surface area (Å²) in [6.07, 6.45) is 11.5. The van der Waals surface area contributed by atoms with Gasteiger partial charge < -0.3 is 9.64 Å². The van der Waals surface area contributed by atoms with Gasteiger partial charge in [-0.05, 0) is 63.2 Å². The fraction of sp³-hybridized carbons (Fsp3) is 0.682. The number of nitrogens with zero attached hydrogens (tertiary/aromatic N) is 3. The van der Waals surface area contributed by atoms with E-state index in [1.54, 1.807) is 0 Å². The topological polar surface area (TPSA) is 62.7 Å². The van der Waals surface area contributed by atoms with E-state index in [1.807, 2.05) is 23.4 Å². The Morgan fingerprint density at radius 3 is 2.68 bits per heavy atom. The van der Waals surface area contributed by atoms with Crippen molar-refractivity contribution in [3.8, 4) is 0 Å². The zero-order valence-electron chi connectivity index (χ0n) is 17.0. The molecule has 2 fully saturated rings. The van der Waals surface area contributed by atoms with Crippen LogP contribution in [0.3, 0.4) is 0 Å². The molecule has 28 heavy (non-hydrogen) atoms. The fourth-order valence-corrected chi connectivity index (χ4v) is 4.50. The summed E-state index contributed by atoms with van der Waals surface area (Å²) in [6.45, 7) is 3.62. The molecule has 6 nitrogen and oxygen atoms in total. The van der Waals surface area contributed by atoms with Gasteiger partial charge in [-0.15, -0.1) is 0 Å². The molecule has 1 amide bonds. The number of amides is 1. The van der Waals surface area contributed by atoms with Crippen molar-refractivity contribution >= 4 is 11.9 Å². The first-order chi connectivity index (χ1) is 13.7. The first kappa shape index (κ1) is 20.8. The van der Waals surface area contributed by atoms with Crippen molar-refractivity contribution in [1.82, 2.24) is 14.8 Å². The largest absolute Gasteiger partial charge is 0.469 e. The predicted octanol–water partition coefficient (Wildman–Crippen LogP) is 3.19. The molecule has 3 rings (SSSR count). The highest BCUT2D eigenvalue weighted by Gasteiger charge is 2.28. The van der Waals surface area contributed by atoms with E-state index < -0.39 is 0 Å². The molecular weight excluding hydrogens is 354 g/mol. The number of piperidine rings is 1. The monoisotopic (exact) mass is 387 g/mol. The van der Waals surface area contributed by atoms with Crippen molar-refractivity contribution in [3.63, 3.8) is 0 Å². The van der Waals surface area contributed by atoms with Crippen molar-refractivity contribution < 1.29 is 14.3 Å². The van der Waals surface area contributed by atoms with Crippen molar-refractivity contribution in [2.24, 2.45) is 5.92 Å². The van der Waals surface area contributed by atoms with Crippen LogP contribution in [0.4, 0.5) is 0 Å². The van der Waals surface area contributed by atoms with Crippen LogP contribution in [-0.2, 0) is 14.3 Å². The first-order valence-corrected chi connectivity index (χ1v) is 10.7. The van der Waals surface area contributed by atoms with E-state index in [1.165, 1.54) is 25.5 Å². The molecule has 3 heterocycles. The quantitative estimate of drug-likeness (QED) is 0.506. The van der Waals surface area contributed by atoms with Gasteiger partial charge in [0.15, 0.2) is 0 Å². The van der Waals surface area contributed by atoms with Gasteiger partial charge in [0, 0.05) is 37.9 Å². The van der Waals surface area contributed by atoms with Crippen LogP contribution >= 0.6 is 0 Å². The molecule has 1 atom stereocenters. The number of ether oxygens (including phenoxy) is 1. The van der Waals surface area contributed by atoms with Crippen LogP contribution in [0, 0.1) is 5.92 Å². The molecule has 0 bridgehead atoms. The molecule has 1 aromatic rings. The number of carbonyl (C=O) groups is 2. The lowest BCUT2D eigenvalue weighted by Gasteiger charge is -2.30. The molecule has 2 aliphatic heterocycles. The summed E-state index contributed by atoms with van der Waals surface area (Å²) in [5.41, 5.74) is 1.32. The lowest BCUT2D eigenvalue weighted by Crippen LogP contribution is -2.40. The fourth-order valence-electron chi connectivity index (χ4n) is 4.50. The van der Waals surface area contributed by atoms with Crippen LogP contribution in [-0.4, -0.2) is 59.9 Å². The number of esters is 1. The van der Waals surface area contributed by atoms with E-state index in [2.05, 4.69) is 16.0 Å². The number of likely N-dealkylation sites (tertiary alicyclic amines) is 2. The van der Waals surface area contributed by atoms with Gasteiger partial charge in [-0.25, -0.2) is 0 Å². The number of rotatable bonds is 8. The normalized spacial score (nSPS) is 21.0. The Kier molecular flexibility index (Phi) is 7.83. The molecule has 1 aromatic heterocycles. The van der Waals surface area contributed by atoms with E-state index in [-0.39, 0.29) is 17.8 Å². The zero-order valence-corrected chi connectivity index (χ0v) is 17.0. The van der Waals surface area contributed by atoms with Crippen LogP contribution in [0.1, 0.15) is 63.0 Å². The van der Waals surface area contributed by atoms with E-state index >= 15 is 0 Å². The molecule has 0 unspecified atom stereocenters. The molecule has 0 N–H and O–H groups in total. The van der Waals surface area contributed by atoms with Gasteiger partial charge >= 0.3 is 5.97 Å². The summed E-state index contributed by atoms with van der Waals surface area (Å²) in [6, 6.07) is 4.70. The Balaban J connectivity index is 1.31. The average Bonchev–Trinajstić information content (AvgIpc) is 3.22. The minimum Gasteiger partial charge on any atom is -0.469 e. The van der Waals surface area contributed by atoms with Crippen molar-refractivity contribution in [2.75, 3.05) is 33.3 Å². The highest BCUT2D eigenvalue weighted by Crippen LogP contribution is 2.31. The minimum atomic E-state index is -0.140. The summed E-state index contributed by atoms with van der Waals surface area (Å²) in [5, 5.41) is 0. The van der Waals surface area contributed by atoms with Gasteiger partial charge in [-0.1, -0.05) is 12.5 Å². The maximum absolute atomic E-state index is 12.4. The Bertz CT molecular complexity index is 629. The second-order valence-electron chi connectivity index (χ2n) is 7.97. The molecule has 0 saturated carbocycles. The number of unbranched alkanes of at least 4 members (excludes halogenated alkanes) is 2. The van der Waals surface area contributed by atoms with Gasteiger partial charge in [-0.3, -0.25) is 19.5 Å². The Morgan fingerprint density at radius 2 is 1.96 bits per heavy atom. The Morgan fingerprint density at radius 1 is 1.14 bits per heavy atom. The van der Waals surface area contributed by atoms with Crippen molar-refractivity contribution in [3.05, 3.63) is 30.1 Å². The van der Waals surface area contributed by atoms with Crippen LogP contribution in [0.25, 0.3) is 0 Å². The van der Waals surface area contributed by atoms with Gasteiger partial charge in [-0.2, -0.15) is 0 Å². The second-order valence-corrected chi connectivity index (χ2v) is 7.97. The van der Waals surface area contributed by atoms with Gasteiger partial charge in [0.2, 0.25) is 5.91 Å². The number of pyridine rings is 1. The third kappa shape index (κ3) is 5.53. The number of aromatic nitrogens is 1. The number of hydrogen-bond acceptors (Lipinski definition) is 5. The Hall–Kier alpha value is -1.95. The van der Waals surface area contributed by atoms with Crippen molar-refractivity contribution in [1.29, 1.82) is 0 Å². The van der Waals surface area contributed by atoms with Crippen LogP contribution < -0.4 is 0 Å². The summed E-state index contributed by atoms with van der Waals surface area (Å²) < 4.78 is 4.81. The molecule has 2 aliphatic rings. The standard InChI is InChI=1S/C22H33N3O3/c1-28-22(27)18-10-15-25(16-11-18)21(26)9-3-2-4-13-24-14-6-8-20(24)19-7-5-12-23-17-19/h5,7,12,17-18,20H,2-4,6,8-11,13-16H2,1H3/t20-/m0/s1. The summed E-state index contributed by atoms with van der Waals surface area (Å²) in [5.74, 6) is 0.0543. The maximum atomic E-state index is 12.4. The molecule has 0 radical (unpaired) electrons. The predicted molar refractivity (Wildman–Crippen MR) is 108 cm³/mol. The molecular formula is C22H33N3O3. The highest BCUT2D eigenvalue weighted by molar-refractivity contribution is 5.77. The summed E-state index contributed by atoms with van der Waals surface area (Å²) >= 11 is 0. The number of methoxy groups -OCH3 is 1. The lowest BCUT2D eigenvalue weighted by molar-refractivity contribution is -0.148. The molecule has 0 aromatic carbocycles. The number of hydrogen-bond donors (Lipinski definition) is 0. The van der Waals surface area contributed by atoms with Gasteiger partial charge in [0.05, 0.1) is 13.0 Å². The molecule has 2 saturated heterocycles. The van der Waals surface area contributed by atoms with Crippen molar-refractivity contribution in [2.45, 2.75) is 57.4 Å². The molecule has 0 spiro atoms. The SMILES string of the molecule is COC(=O)C1CCN(C(=O)CCCCCN2CCC[C@H]2c2cccnc2)CC1. The average molecular weight is 388 g/mol. The van der Waals surface area contributed by atoms with Crippen LogP contribution in [0.15, 0.2) is 24.5 Å². The third-order valence-corrected chi connectivity index (χ3v) is 6.15. The van der Waals surface area contributed by atoms with Gasteiger partial charge in [0.25, 0.3) is 0 Å². The second kappa shape index (κ2) is 10.6. The highest BCUT2D eigenvalue weighted by atomic mass is 16.5. The molecule has 6 heteroatoms. The smallest absolute Gasteiger partial charge is 0.308 e. The van der Waals surface area contributed by atoms with Crippen LogP contribution in [0.2, 0.25) is 0 Å². The Labute approximate surface area is 168 Å². The molecule has 0 aliphatic carbocycles. The third-order valence-electron chi connectivity index (χ3n) is 6.15. The lowest BCUT2D eigenvalue weighted by atomic mass is 9.96. The number of carbonyl (C=O) groups excluding carboxylic acids is 2. The molecule has 154 valence electrons. The maximum Gasteiger partial charge on any atom is 0.308 e. The summed E-state index contributed by atoms with van der Waals surface area (Å²) in [4.78, 5) is 32.7. The summed E-state index contributed by atoms with van der Waals surface area (Å²) in [7, 11) is 1.43. The van der Waals surface area contributed by atoms with E-state index in [4.69, 9.17) is 4.74 Å². The van der Waals surface area contributed by atoms with E-state index in [0.717, 1.165) is 45.2 Å². The van der Waals surface area contributed by atoms with Crippen LogP contribution in [0.5, 0.6) is 0 Å². The first-order valence-electron chi connectivity index (χ1n) is 10.7. The zero-order chi connectivity index (χ0) is 19.8. The van der Waals surface area contributed by atoms with Gasteiger partial charge in [0.1, 0.15) is 0 Å². The van der Waals surface area contributed by atoms with E-state index in [9.17, 15) is 9.59 Å².